The van der Waals surface area contributed by atoms with Crippen molar-refractivity contribution in [1.29, 1.82) is 0 Å². The molecule has 2 amide bonds. The number of halogens is 1. The van der Waals surface area contributed by atoms with E-state index in [-0.39, 0.29) is 11.8 Å². The molecule has 0 bridgehead atoms. The Balaban J connectivity index is 1.76. The van der Waals surface area contributed by atoms with Gasteiger partial charge in [0.1, 0.15) is 0 Å². The molecule has 2 N–H and O–H groups in total. The zero-order valence-corrected chi connectivity index (χ0v) is 15.1. The fourth-order valence-electron chi connectivity index (χ4n) is 2.30. The molecule has 3 aromatic rings. The molecule has 2 aromatic carbocycles. The van der Waals surface area contributed by atoms with Crippen LogP contribution in [0.5, 0.6) is 0 Å². The van der Waals surface area contributed by atoms with E-state index in [4.69, 9.17) is 11.6 Å². The van der Waals surface area contributed by atoms with Crippen LogP contribution in [-0.2, 0) is 4.79 Å². The van der Waals surface area contributed by atoms with Crippen LogP contribution in [0.2, 0.25) is 5.02 Å². The van der Waals surface area contributed by atoms with Crippen LogP contribution in [0.15, 0.2) is 42.5 Å². The summed E-state index contributed by atoms with van der Waals surface area (Å²) in [5, 5.41) is 6.71. The highest BCUT2D eigenvalue weighted by atomic mass is 35.5. The molecule has 7 heteroatoms. The lowest BCUT2D eigenvalue weighted by Gasteiger charge is -2.05. The van der Waals surface area contributed by atoms with Crippen molar-refractivity contribution >= 4 is 55.8 Å². The van der Waals surface area contributed by atoms with Gasteiger partial charge in [0.05, 0.1) is 10.2 Å². The van der Waals surface area contributed by atoms with Crippen molar-refractivity contribution in [2.75, 3.05) is 10.6 Å². The molecule has 0 aliphatic carbocycles. The highest BCUT2D eigenvalue weighted by molar-refractivity contribution is 7.22. The van der Waals surface area contributed by atoms with Gasteiger partial charge >= 0.3 is 0 Å². The number of benzene rings is 2. The Bertz CT molecular complexity index is 939. The molecule has 1 heterocycles. The minimum Gasteiger partial charge on any atom is -0.322 e. The number of nitrogens with zero attached hydrogens (tertiary/aromatic N) is 1. The molecular weight excluding hydrogens is 358 g/mol. The van der Waals surface area contributed by atoms with Crippen molar-refractivity contribution < 1.29 is 9.59 Å². The molecule has 0 aliphatic heterocycles. The van der Waals surface area contributed by atoms with Gasteiger partial charge in [-0.3, -0.25) is 9.59 Å². The first kappa shape index (κ1) is 17.4. The zero-order chi connectivity index (χ0) is 17.8. The molecule has 5 nitrogen and oxygen atoms in total. The number of carbonyl (C=O) groups is 2. The van der Waals surface area contributed by atoms with Crippen LogP contribution in [-0.4, -0.2) is 16.8 Å². The fourth-order valence-corrected chi connectivity index (χ4v) is 3.41. The number of carbonyl (C=O) groups excluding carboxylic acids is 2. The molecule has 0 fully saturated rings. The summed E-state index contributed by atoms with van der Waals surface area (Å²) < 4.78 is 0.885. The maximum Gasteiger partial charge on any atom is 0.255 e. The summed E-state index contributed by atoms with van der Waals surface area (Å²) in [6.07, 6.45) is 1.26. The maximum absolute atomic E-state index is 12.3. The summed E-state index contributed by atoms with van der Waals surface area (Å²) in [7, 11) is 0. The molecule has 0 spiro atoms. The van der Waals surface area contributed by atoms with Crippen LogP contribution >= 0.6 is 22.9 Å². The van der Waals surface area contributed by atoms with Gasteiger partial charge in [-0.25, -0.2) is 4.98 Å². The van der Waals surface area contributed by atoms with Gasteiger partial charge in [0.15, 0.2) is 5.13 Å². The molecular formula is C18H16ClN3O2S. The Hall–Kier alpha value is -2.44. The van der Waals surface area contributed by atoms with Crippen molar-refractivity contribution in [3.63, 3.8) is 0 Å². The number of hydrogen-bond donors (Lipinski definition) is 2. The largest absolute Gasteiger partial charge is 0.322 e. The smallest absolute Gasteiger partial charge is 0.255 e. The monoisotopic (exact) mass is 373 g/mol. The second-order valence-electron chi connectivity index (χ2n) is 5.46. The number of hydrogen-bond acceptors (Lipinski definition) is 4. The van der Waals surface area contributed by atoms with E-state index in [1.807, 2.05) is 19.1 Å². The summed E-state index contributed by atoms with van der Waals surface area (Å²) in [6, 6.07) is 12.2. The minimum atomic E-state index is -0.233. The average Bonchev–Trinajstić information content (AvgIpc) is 2.96. The molecule has 25 heavy (non-hydrogen) atoms. The van der Waals surface area contributed by atoms with Crippen LogP contribution in [0.4, 0.5) is 10.8 Å². The van der Waals surface area contributed by atoms with Gasteiger partial charge in [-0.2, -0.15) is 0 Å². The Kier molecular flexibility index (Phi) is 5.31. The van der Waals surface area contributed by atoms with E-state index in [1.165, 1.54) is 11.3 Å². The molecule has 0 saturated carbocycles. The summed E-state index contributed by atoms with van der Waals surface area (Å²) in [5.74, 6) is -0.279. The number of anilines is 2. The van der Waals surface area contributed by atoms with Crippen LogP contribution in [0.1, 0.15) is 30.1 Å². The molecule has 3 rings (SSSR count). The quantitative estimate of drug-likeness (QED) is 0.665. The number of aromatic nitrogens is 1. The molecule has 1 aromatic heterocycles. The molecule has 0 saturated heterocycles. The SMILES string of the molecule is CCCC(=O)Nc1nc2ccc(NC(=O)c3cccc(Cl)c3)cc2s1. The summed E-state index contributed by atoms with van der Waals surface area (Å²) in [4.78, 5) is 28.3. The number of fused-ring (bicyclic) bond motifs is 1. The lowest BCUT2D eigenvalue weighted by atomic mass is 10.2. The van der Waals surface area contributed by atoms with Gasteiger partial charge in [-0.1, -0.05) is 35.9 Å². The minimum absolute atomic E-state index is 0.0453. The van der Waals surface area contributed by atoms with E-state index in [0.29, 0.717) is 27.8 Å². The highest BCUT2D eigenvalue weighted by Crippen LogP contribution is 2.28. The van der Waals surface area contributed by atoms with Crippen LogP contribution in [0, 0.1) is 0 Å². The lowest BCUT2D eigenvalue weighted by Crippen LogP contribution is -2.11. The predicted octanol–water partition coefficient (Wildman–Crippen LogP) is 4.94. The summed E-state index contributed by atoms with van der Waals surface area (Å²) in [5.41, 5.74) is 1.93. The Morgan fingerprint density at radius 1 is 1.16 bits per heavy atom. The number of thiazole rings is 1. The van der Waals surface area contributed by atoms with Crippen LogP contribution in [0.3, 0.4) is 0 Å². The molecule has 0 atom stereocenters. The Morgan fingerprint density at radius 2 is 2.00 bits per heavy atom. The lowest BCUT2D eigenvalue weighted by molar-refractivity contribution is -0.116. The third-order valence-electron chi connectivity index (χ3n) is 3.46. The van der Waals surface area contributed by atoms with Crippen LogP contribution < -0.4 is 10.6 Å². The van der Waals surface area contributed by atoms with Crippen molar-refractivity contribution in [2.24, 2.45) is 0 Å². The van der Waals surface area contributed by atoms with Gasteiger partial charge < -0.3 is 10.6 Å². The van der Waals surface area contributed by atoms with E-state index >= 15 is 0 Å². The van der Waals surface area contributed by atoms with E-state index < -0.39 is 0 Å². The van der Waals surface area contributed by atoms with Gasteiger partial charge in [0, 0.05) is 22.7 Å². The summed E-state index contributed by atoms with van der Waals surface area (Å²) >= 11 is 7.29. The normalized spacial score (nSPS) is 10.6. The second-order valence-corrected chi connectivity index (χ2v) is 6.93. The van der Waals surface area contributed by atoms with Crippen molar-refractivity contribution in [1.82, 2.24) is 4.98 Å². The van der Waals surface area contributed by atoms with Crippen molar-refractivity contribution in [3.05, 3.63) is 53.1 Å². The van der Waals surface area contributed by atoms with E-state index in [0.717, 1.165) is 16.6 Å². The van der Waals surface area contributed by atoms with Gasteiger partial charge in [0.2, 0.25) is 5.91 Å². The Morgan fingerprint density at radius 3 is 2.76 bits per heavy atom. The first-order chi connectivity index (χ1) is 12.0. The molecule has 0 radical (unpaired) electrons. The third-order valence-corrected chi connectivity index (χ3v) is 4.63. The van der Waals surface area contributed by atoms with Crippen molar-refractivity contribution in [2.45, 2.75) is 19.8 Å². The zero-order valence-electron chi connectivity index (χ0n) is 13.5. The number of amides is 2. The van der Waals surface area contributed by atoms with E-state index in [2.05, 4.69) is 15.6 Å². The van der Waals surface area contributed by atoms with Gasteiger partial charge in [-0.15, -0.1) is 0 Å². The van der Waals surface area contributed by atoms with E-state index in [1.54, 1.807) is 30.3 Å². The molecule has 128 valence electrons. The second kappa shape index (κ2) is 7.63. The standard InChI is InChI=1S/C18H16ClN3O2S/c1-2-4-16(23)22-18-21-14-8-7-13(10-15(14)25-18)20-17(24)11-5-3-6-12(19)9-11/h3,5-10H,2,4H2,1H3,(H,20,24)(H,21,22,23). The first-order valence-electron chi connectivity index (χ1n) is 7.82. The third kappa shape index (κ3) is 4.35. The van der Waals surface area contributed by atoms with Gasteiger partial charge in [0.25, 0.3) is 5.91 Å². The summed E-state index contributed by atoms with van der Waals surface area (Å²) in [6.45, 7) is 1.95. The number of rotatable bonds is 5. The Labute approximate surface area is 154 Å². The first-order valence-corrected chi connectivity index (χ1v) is 9.02. The fraction of sp³-hybridized carbons (Fsp3) is 0.167. The van der Waals surface area contributed by atoms with Crippen molar-refractivity contribution in [3.8, 4) is 0 Å². The molecule has 0 aliphatic rings. The average molecular weight is 374 g/mol. The maximum atomic E-state index is 12.3. The predicted molar refractivity (Wildman–Crippen MR) is 103 cm³/mol. The number of nitrogens with one attached hydrogen (secondary N) is 2. The highest BCUT2D eigenvalue weighted by Gasteiger charge is 2.10. The van der Waals surface area contributed by atoms with Crippen LogP contribution in [0.25, 0.3) is 10.2 Å². The van der Waals surface area contributed by atoms with E-state index in [9.17, 15) is 9.59 Å². The van der Waals surface area contributed by atoms with Gasteiger partial charge in [-0.05, 0) is 42.8 Å². The topological polar surface area (TPSA) is 71.1 Å². The molecule has 0 unspecified atom stereocenters.